The Kier molecular flexibility index (Phi) is 4.83. The van der Waals surface area contributed by atoms with Gasteiger partial charge in [-0.1, -0.05) is 29.3 Å². The summed E-state index contributed by atoms with van der Waals surface area (Å²) in [6, 6.07) is 8.88. The smallest absolute Gasteiger partial charge is 0.124 e. The van der Waals surface area contributed by atoms with E-state index in [0.717, 1.165) is 5.56 Å². The molecular weight excluding hydrogens is 302 g/mol. The number of benzene rings is 2. The van der Waals surface area contributed by atoms with E-state index in [2.05, 4.69) is 5.43 Å². The molecule has 0 aliphatic rings. The largest absolute Gasteiger partial charge is 0.496 e. The fourth-order valence-electron chi connectivity index (χ4n) is 1.99. The lowest BCUT2D eigenvalue weighted by Crippen LogP contribution is -2.29. The summed E-state index contributed by atoms with van der Waals surface area (Å²) in [6.45, 7) is 0. The molecule has 2 aromatic carbocycles. The number of ether oxygens (including phenoxy) is 1. The lowest BCUT2D eigenvalue weighted by atomic mass is 9.98. The van der Waals surface area contributed by atoms with Crippen molar-refractivity contribution in [1.82, 2.24) is 5.43 Å². The van der Waals surface area contributed by atoms with Crippen molar-refractivity contribution in [3.05, 3.63) is 63.4 Å². The molecule has 0 fully saturated rings. The van der Waals surface area contributed by atoms with Crippen molar-refractivity contribution in [3.8, 4) is 5.75 Å². The number of nitrogens with one attached hydrogen (secondary N) is 1. The first kappa shape index (κ1) is 15.1. The zero-order valence-electron chi connectivity index (χ0n) is 10.7. The van der Waals surface area contributed by atoms with E-state index in [1.165, 1.54) is 19.2 Å². The standard InChI is InChI=1S/C14H13Cl2FN2O/c1-20-13-5-3-9(17)7-10(13)14(19-18)8-2-4-11(15)12(16)6-8/h2-7,14,19H,18H2,1H3. The van der Waals surface area contributed by atoms with Crippen molar-refractivity contribution >= 4 is 23.2 Å². The molecule has 0 radical (unpaired) electrons. The minimum absolute atomic E-state index is 0.374. The molecule has 1 atom stereocenters. The third-order valence-electron chi connectivity index (χ3n) is 2.95. The molecule has 0 bridgehead atoms. The van der Waals surface area contributed by atoms with Crippen LogP contribution in [0.25, 0.3) is 0 Å². The van der Waals surface area contributed by atoms with Gasteiger partial charge in [0.15, 0.2) is 0 Å². The van der Waals surface area contributed by atoms with E-state index >= 15 is 0 Å². The molecule has 0 heterocycles. The second kappa shape index (κ2) is 6.41. The van der Waals surface area contributed by atoms with Gasteiger partial charge in [0.25, 0.3) is 0 Å². The van der Waals surface area contributed by atoms with Gasteiger partial charge in [-0.05, 0) is 35.9 Å². The zero-order chi connectivity index (χ0) is 14.7. The first-order valence-corrected chi connectivity index (χ1v) is 6.57. The number of hydrazine groups is 1. The predicted molar refractivity (Wildman–Crippen MR) is 78.6 cm³/mol. The quantitative estimate of drug-likeness (QED) is 0.668. The molecule has 106 valence electrons. The second-order valence-corrected chi connectivity index (χ2v) is 4.97. The van der Waals surface area contributed by atoms with Crippen molar-refractivity contribution in [2.45, 2.75) is 6.04 Å². The number of rotatable bonds is 4. The third kappa shape index (κ3) is 3.04. The summed E-state index contributed by atoms with van der Waals surface area (Å²) in [4.78, 5) is 0. The highest BCUT2D eigenvalue weighted by molar-refractivity contribution is 6.42. The first-order valence-electron chi connectivity index (χ1n) is 5.81. The Balaban J connectivity index is 2.51. The SMILES string of the molecule is COc1ccc(F)cc1C(NN)c1ccc(Cl)c(Cl)c1. The molecule has 0 saturated heterocycles. The van der Waals surface area contributed by atoms with Gasteiger partial charge in [0.1, 0.15) is 11.6 Å². The number of hydrogen-bond donors (Lipinski definition) is 2. The Bertz CT molecular complexity index is 622. The van der Waals surface area contributed by atoms with Crippen molar-refractivity contribution < 1.29 is 9.13 Å². The van der Waals surface area contributed by atoms with Gasteiger partial charge in [0.05, 0.1) is 23.2 Å². The van der Waals surface area contributed by atoms with Crippen LogP contribution in [-0.2, 0) is 0 Å². The maximum absolute atomic E-state index is 13.5. The van der Waals surface area contributed by atoms with Gasteiger partial charge in [0, 0.05) is 5.56 Å². The molecular formula is C14H13Cl2FN2O. The second-order valence-electron chi connectivity index (χ2n) is 4.16. The lowest BCUT2D eigenvalue weighted by molar-refractivity contribution is 0.402. The highest BCUT2D eigenvalue weighted by Crippen LogP contribution is 2.33. The van der Waals surface area contributed by atoms with Crippen LogP contribution in [0.3, 0.4) is 0 Å². The highest BCUT2D eigenvalue weighted by Gasteiger charge is 2.18. The summed E-state index contributed by atoms with van der Waals surface area (Å²) in [7, 11) is 1.51. The van der Waals surface area contributed by atoms with Crippen LogP contribution in [0.4, 0.5) is 4.39 Å². The number of halogens is 3. The summed E-state index contributed by atoms with van der Waals surface area (Å²) < 4.78 is 18.7. The first-order chi connectivity index (χ1) is 9.56. The van der Waals surface area contributed by atoms with Gasteiger partial charge in [-0.25, -0.2) is 9.82 Å². The van der Waals surface area contributed by atoms with E-state index in [-0.39, 0.29) is 5.82 Å². The molecule has 0 amide bonds. The molecule has 0 aliphatic carbocycles. The molecule has 6 heteroatoms. The van der Waals surface area contributed by atoms with E-state index in [1.807, 2.05) is 0 Å². The van der Waals surface area contributed by atoms with Gasteiger partial charge in [-0.2, -0.15) is 0 Å². The number of nitrogens with two attached hydrogens (primary N) is 1. The van der Waals surface area contributed by atoms with E-state index in [1.54, 1.807) is 24.3 Å². The van der Waals surface area contributed by atoms with Crippen LogP contribution in [0.1, 0.15) is 17.2 Å². The van der Waals surface area contributed by atoms with E-state index in [0.29, 0.717) is 21.4 Å². The average Bonchev–Trinajstić information content (AvgIpc) is 2.44. The summed E-state index contributed by atoms with van der Waals surface area (Å²) >= 11 is 11.9. The lowest BCUT2D eigenvalue weighted by Gasteiger charge is -2.20. The van der Waals surface area contributed by atoms with Crippen LogP contribution in [-0.4, -0.2) is 7.11 Å². The highest BCUT2D eigenvalue weighted by atomic mass is 35.5. The summed E-state index contributed by atoms with van der Waals surface area (Å²) in [5.74, 6) is 5.75. The molecule has 0 aliphatic heterocycles. The van der Waals surface area contributed by atoms with Crippen molar-refractivity contribution in [3.63, 3.8) is 0 Å². The molecule has 3 N–H and O–H groups in total. The molecule has 1 unspecified atom stereocenters. The van der Waals surface area contributed by atoms with Crippen LogP contribution < -0.4 is 16.0 Å². The summed E-state index contributed by atoms with van der Waals surface area (Å²) in [6.07, 6.45) is 0. The van der Waals surface area contributed by atoms with Gasteiger partial charge in [-0.3, -0.25) is 5.84 Å². The van der Waals surface area contributed by atoms with Crippen LogP contribution >= 0.6 is 23.2 Å². The Hall–Kier alpha value is -1.33. The fourth-order valence-corrected chi connectivity index (χ4v) is 2.29. The maximum Gasteiger partial charge on any atom is 0.124 e. The van der Waals surface area contributed by atoms with Crippen LogP contribution in [0.15, 0.2) is 36.4 Å². The van der Waals surface area contributed by atoms with E-state index in [9.17, 15) is 4.39 Å². The Labute approximate surface area is 126 Å². The molecule has 2 rings (SSSR count). The van der Waals surface area contributed by atoms with E-state index in [4.69, 9.17) is 33.8 Å². The summed E-state index contributed by atoms with van der Waals surface area (Å²) in [5, 5.41) is 0.845. The molecule has 0 spiro atoms. The summed E-state index contributed by atoms with van der Waals surface area (Å²) in [5.41, 5.74) is 3.97. The topological polar surface area (TPSA) is 47.3 Å². The Morgan fingerprint density at radius 1 is 1.15 bits per heavy atom. The Morgan fingerprint density at radius 2 is 1.90 bits per heavy atom. The molecule has 0 aromatic heterocycles. The van der Waals surface area contributed by atoms with Gasteiger partial charge >= 0.3 is 0 Å². The van der Waals surface area contributed by atoms with Crippen LogP contribution in [0.5, 0.6) is 5.75 Å². The monoisotopic (exact) mass is 314 g/mol. The van der Waals surface area contributed by atoms with Crippen molar-refractivity contribution in [2.24, 2.45) is 5.84 Å². The van der Waals surface area contributed by atoms with E-state index < -0.39 is 6.04 Å². The van der Waals surface area contributed by atoms with Crippen molar-refractivity contribution in [1.29, 1.82) is 0 Å². The van der Waals surface area contributed by atoms with Gasteiger partial charge in [-0.15, -0.1) is 0 Å². The zero-order valence-corrected chi connectivity index (χ0v) is 12.2. The average molecular weight is 315 g/mol. The molecule has 0 saturated carbocycles. The molecule has 3 nitrogen and oxygen atoms in total. The third-order valence-corrected chi connectivity index (χ3v) is 3.69. The number of methoxy groups -OCH3 is 1. The van der Waals surface area contributed by atoms with Gasteiger partial charge < -0.3 is 4.74 Å². The van der Waals surface area contributed by atoms with Crippen LogP contribution in [0.2, 0.25) is 10.0 Å². The Morgan fingerprint density at radius 3 is 2.50 bits per heavy atom. The molecule has 2 aromatic rings. The van der Waals surface area contributed by atoms with Crippen molar-refractivity contribution in [2.75, 3.05) is 7.11 Å². The fraction of sp³-hybridized carbons (Fsp3) is 0.143. The predicted octanol–water partition coefficient (Wildman–Crippen LogP) is 3.69. The normalized spacial score (nSPS) is 12.2. The molecule has 20 heavy (non-hydrogen) atoms. The van der Waals surface area contributed by atoms with Crippen LogP contribution in [0, 0.1) is 5.82 Å². The minimum Gasteiger partial charge on any atom is -0.496 e. The van der Waals surface area contributed by atoms with Gasteiger partial charge in [0.2, 0.25) is 0 Å². The number of hydrogen-bond acceptors (Lipinski definition) is 3. The maximum atomic E-state index is 13.5. The minimum atomic E-state index is -0.463.